The van der Waals surface area contributed by atoms with E-state index in [9.17, 15) is 4.79 Å². The summed E-state index contributed by atoms with van der Waals surface area (Å²) >= 11 is 6.20. The summed E-state index contributed by atoms with van der Waals surface area (Å²) in [6.45, 7) is 5.30. The van der Waals surface area contributed by atoms with Crippen molar-refractivity contribution in [3.05, 3.63) is 47.6 Å². The first-order valence-corrected chi connectivity index (χ1v) is 5.48. The van der Waals surface area contributed by atoms with Gasteiger partial charge in [0.15, 0.2) is 0 Å². The molecule has 0 radical (unpaired) electrons. The number of nitrogens with zero attached hydrogens (tertiary/aromatic N) is 1. The quantitative estimate of drug-likeness (QED) is 0.826. The minimum absolute atomic E-state index is 0.268. The van der Waals surface area contributed by atoms with Crippen LogP contribution in [0.25, 0.3) is 10.9 Å². The van der Waals surface area contributed by atoms with Gasteiger partial charge in [0.2, 0.25) is 5.91 Å². The molecular formula is C13H11ClN2O. The number of amides is 1. The predicted molar refractivity (Wildman–Crippen MR) is 70.3 cm³/mol. The highest BCUT2D eigenvalue weighted by Gasteiger charge is 2.08. The summed E-state index contributed by atoms with van der Waals surface area (Å²) in [4.78, 5) is 15.6. The Kier molecular flexibility index (Phi) is 3.11. The summed E-state index contributed by atoms with van der Waals surface area (Å²) in [5.41, 5.74) is 2.22. The first-order chi connectivity index (χ1) is 8.13. The van der Waals surface area contributed by atoms with Gasteiger partial charge < -0.3 is 5.32 Å². The first-order valence-electron chi connectivity index (χ1n) is 5.10. The molecule has 1 N–H and O–H groups in total. The number of hydrogen-bond donors (Lipinski definition) is 1. The molecule has 0 fully saturated rings. The zero-order chi connectivity index (χ0) is 12.4. The van der Waals surface area contributed by atoms with Crippen LogP contribution in [0.15, 0.2) is 37.1 Å². The number of fused-ring (bicyclic) bond motifs is 1. The maximum Gasteiger partial charge on any atom is 0.247 e. The highest BCUT2D eigenvalue weighted by molar-refractivity contribution is 6.36. The standard InChI is InChI=1S/C13H11ClN2O/c1-3-11(17)16-10-6-4-5-9-12(14)8(2)7-15-13(9)10/h3-7H,1H2,2H3,(H,16,17). The molecule has 1 amide bonds. The van der Waals surface area contributed by atoms with Gasteiger partial charge in [-0.25, -0.2) is 0 Å². The number of hydrogen-bond acceptors (Lipinski definition) is 2. The lowest BCUT2D eigenvalue weighted by Crippen LogP contribution is -2.08. The number of benzene rings is 1. The Balaban J connectivity index is 2.62. The molecule has 0 saturated carbocycles. The van der Waals surface area contributed by atoms with Gasteiger partial charge in [-0.1, -0.05) is 30.3 Å². The molecule has 1 aromatic heterocycles. The Bertz CT molecular complexity index is 608. The van der Waals surface area contributed by atoms with Gasteiger partial charge in [0.1, 0.15) is 0 Å². The van der Waals surface area contributed by atoms with E-state index >= 15 is 0 Å². The maximum atomic E-state index is 11.3. The van der Waals surface area contributed by atoms with Crippen molar-refractivity contribution in [3.63, 3.8) is 0 Å². The van der Waals surface area contributed by atoms with Crippen molar-refractivity contribution >= 4 is 34.1 Å². The van der Waals surface area contributed by atoms with Gasteiger partial charge in [0.25, 0.3) is 0 Å². The third-order valence-electron chi connectivity index (χ3n) is 2.45. The second-order valence-corrected chi connectivity index (χ2v) is 4.03. The Labute approximate surface area is 104 Å². The molecule has 17 heavy (non-hydrogen) atoms. The average molecular weight is 247 g/mol. The normalized spacial score (nSPS) is 10.2. The van der Waals surface area contributed by atoms with E-state index in [1.165, 1.54) is 6.08 Å². The molecule has 0 spiro atoms. The van der Waals surface area contributed by atoms with E-state index in [0.717, 1.165) is 10.9 Å². The summed E-state index contributed by atoms with van der Waals surface area (Å²) < 4.78 is 0. The van der Waals surface area contributed by atoms with Crippen molar-refractivity contribution in [2.75, 3.05) is 5.32 Å². The molecule has 0 aliphatic carbocycles. The highest BCUT2D eigenvalue weighted by Crippen LogP contribution is 2.29. The lowest BCUT2D eigenvalue weighted by molar-refractivity contribution is -0.111. The minimum atomic E-state index is -0.268. The number of carbonyl (C=O) groups is 1. The number of pyridine rings is 1. The number of aryl methyl sites for hydroxylation is 1. The Morgan fingerprint density at radius 3 is 3.00 bits per heavy atom. The Hall–Kier alpha value is -1.87. The van der Waals surface area contributed by atoms with E-state index in [1.807, 2.05) is 19.1 Å². The summed E-state index contributed by atoms with van der Waals surface area (Å²) in [5, 5.41) is 4.19. The van der Waals surface area contributed by atoms with Crippen molar-refractivity contribution < 1.29 is 4.79 Å². The van der Waals surface area contributed by atoms with Crippen LogP contribution in [0.2, 0.25) is 5.02 Å². The summed E-state index contributed by atoms with van der Waals surface area (Å²) in [7, 11) is 0. The third kappa shape index (κ3) is 2.15. The summed E-state index contributed by atoms with van der Waals surface area (Å²) in [5.74, 6) is -0.268. The van der Waals surface area contributed by atoms with Gasteiger partial charge >= 0.3 is 0 Å². The molecule has 1 heterocycles. The summed E-state index contributed by atoms with van der Waals surface area (Å²) in [6.07, 6.45) is 2.91. The molecule has 0 saturated heterocycles. The van der Waals surface area contributed by atoms with Crippen LogP contribution < -0.4 is 5.32 Å². The second kappa shape index (κ2) is 4.55. The molecule has 0 aliphatic heterocycles. The number of halogens is 1. The van der Waals surface area contributed by atoms with Gasteiger partial charge in [-0.2, -0.15) is 0 Å². The number of anilines is 1. The van der Waals surface area contributed by atoms with Crippen LogP contribution in [0.1, 0.15) is 5.56 Å². The number of rotatable bonds is 2. The van der Waals surface area contributed by atoms with Crippen LogP contribution in [0, 0.1) is 6.92 Å². The summed E-state index contributed by atoms with van der Waals surface area (Å²) in [6, 6.07) is 5.48. The van der Waals surface area contributed by atoms with Gasteiger partial charge in [0, 0.05) is 11.6 Å². The minimum Gasteiger partial charge on any atom is -0.321 e. The van der Waals surface area contributed by atoms with Gasteiger partial charge in [-0.3, -0.25) is 9.78 Å². The van der Waals surface area contributed by atoms with E-state index < -0.39 is 0 Å². The van der Waals surface area contributed by atoms with Crippen molar-refractivity contribution in [2.45, 2.75) is 6.92 Å². The van der Waals surface area contributed by atoms with E-state index in [4.69, 9.17) is 11.6 Å². The Morgan fingerprint density at radius 2 is 2.29 bits per heavy atom. The lowest BCUT2D eigenvalue weighted by atomic mass is 10.1. The molecule has 3 nitrogen and oxygen atoms in total. The molecular weight excluding hydrogens is 236 g/mol. The maximum absolute atomic E-state index is 11.3. The number of nitrogens with one attached hydrogen (secondary N) is 1. The third-order valence-corrected chi connectivity index (χ3v) is 2.95. The number of aromatic nitrogens is 1. The SMILES string of the molecule is C=CC(=O)Nc1cccc2c(Cl)c(C)cnc12. The molecule has 86 valence electrons. The van der Waals surface area contributed by atoms with Crippen LogP contribution >= 0.6 is 11.6 Å². The van der Waals surface area contributed by atoms with E-state index in [-0.39, 0.29) is 5.91 Å². The monoisotopic (exact) mass is 246 g/mol. The zero-order valence-corrected chi connectivity index (χ0v) is 10.1. The number of carbonyl (C=O) groups excluding carboxylic acids is 1. The first kappa shape index (κ1) is 11.6. The van der Waals surface area contributed by atoms with Crippen LogP contribution in [0.4, 0.5) is 5.69 Å². The topological polar surface area (TPSA) is 42.0 Å². The zero-order valence-electron chi connectivity index (χ0n) is 9.33. The van der Waals surface area contributed by atoms with Crippen molar-refractivity contribution in [1.29, 1.82) is 0 Å². The average Bonchev–Trinajstić information content (AvgIpc) is 2.34. The molecule has 4 heteroatoms. The van der Waals surface area contributed by atoms with Crippen LogP contribution in [0.5, 0.6) is 0 Å². The van der Waals surface area contributed by atoms with E-state index in [1.54, 1.807) is 12.3 Å². The molecule has 2 rings (SSSR count). The molecule has 0 bridgehead atoms. The van der Waals surface area contributed by atoms with Gasteiger partial charge in [0.05, 0.1) is 16.2 Å². The van der Waals surface area contributed by atoms with E-state index in [2.05, 4.69) is 16.9 Å². The van der Waals surface area contributed by atoms with Gasteiger partial charge in [-0.15, -0.1) is 0 Å². The largest absolute Gasteiger partial charge is 0.321 e. The smallest absolute Gasteiger partial charge is 0.247 e. The van der Waals surface area contributed by atoms with Crippen molar-refractivity contribution in [3.8, 4) is 0 Å². The molecule has 0 unspecified atom stereocenters. The van der Waals surface area contributed by atoms with E-state index in [0.29, 0.717) is 16.2 Å². The fourth-order valence-electron chi connectivity index (χ4n) is 1.57. The van der Waals surface area contributed by atoms with Crippen LogP contribution in [0.3, 0.4) is 0 Å². The number of para-hydroxylation sites is 1. The van der Waals surface area contributed by atoms with Crippen LogP contribution in [-0.4, -0.2) is 10.9 Å². The predicted octanol–water partition coefficient (Wildman–Crippen LogP) is 3.32. The highest BCUT2D eigenvalue weighted by atomic mass is 35.5. The van der Waals surface area contributed by atoms with Crippen LogP contribution in [-0.2, 0) is 4.79 Å². The molecule has 0 atom stereocenters. The van der Waals surface area contributed by atoms with Crippen molar-refractivity contribution in [2.24, 2.45) is 0 Å². The molecule has 2 aromatic rings. The molecule has 1 aromatic carbocycles. The fraction of sp³-hybridized carbons (Fsp3) is 0.0769. The lowest BCUT2D eigenvalue weighted by Gasteiger charge is -2.08. The second-order valence-electron chi connectivity index (χ2n) is 3.65. The van der Waals surface area contributed by atoms with Gasteiger partial charge in [-0.05, 0) is 24.6 Å². The Morgan fingerprint density at radius 1 is 1.53 bits per heavy atom. The van der Waals surface area contributed by atoms with Crippen molar-refractivity contribution in [1.82, 2.24) is 4.98 Å². The fourth-order valence-corrected chi connectivity index (χ4v) is 1.78. The molecule has 0 aliphatic rings.